The molecule has 0 radical (unpaired) electrons. The zero-order valence-electron chi connectivity index (χ0n) is 13.0. The van der Waals surface area contributed by atoms with Crippen LogP contribution < -0.4 is 10.2 Å². The van der Waals surface area contributed by atoms with Crippen LogP contribution in [0.25, 0.3) is 0 Å². The van der Waals surface area contributed by atoms with Crippen LogP contribution in [-0.2, 0) is 7.05 Å². The van der Waals surface area contributed by atoms with Gasteiger partial charge in [0.25, 0.3) is 0 Å². The molecule has 1 N–H and O–H groups in total. The first-order valence-electron chi connectivity index (χ1n) is 7.49. The van der Waals surface area contributed by atoms with Gasteiger partial charge in [-0.3, -0.25) is 10.00 Å². The van der Waals surface area contributed by atoms with Gasteiger partial charge in [-0.1, -0.05) is 12.1 Å². The monoisotopic (exact) mass is 299 g/mol. The number of hydrogen-bond donors (Lipinski definition) is 1. The summed E-state index contributed by atoms with van der Waals surface area (Å²) in [6.45, 7) is 5.22. The predicted molar refractivity (Wildman–Crippen MR) is 87.2 cm³/mol. The maximum absolute atomic E-state index is 12.2. The van der Waals surface area contributed by atoms with Crippen molar-refractivity contribution in [1.82, 2.24) is 14.7 Å². The summed E-state index contributed by atoms with van der Waals surface area (Å²) in [7, 11) is 1.83. The predicted octanol–water partition coefficient (Wildman–Crippen LogP) is 2.08. The molecule has 0 aliphatic carbocycles. The van der Waals surface area contributed by atoms with Crippen molar-refractivity contribution in [2.24, 2.45) is 7.05 Å². The Bertz CT molecular complexity index is 658. The minimum absolute atomic E-state index is 0.0809. The fourth-order valence-corrected chi connectivity index (χ4v) is 2.66. The SMILES string of the molecule is Cc1cccc(N2CCN(C(=O)Nc3ccn(C)n3)CC2)c1. The van der Waals surface area contributed by atoms with Gasteiger partial charge in [0.15, 0.2) is 5.82 Å². The third kappa shape index (κ3) is 3.21. The lowest BCUT2D eigenvalue weighted by Gasteiger charge is -2.36. The van der Waals surface area contributed by atoms with Gasteiger partial charge in [0.1, 0.15) is 0 Å². The van der Waals surface area contributed by atoms with Gasteiger partial charge in [0, 0.05) is 51.2 Å². The van der Waals surface area contributed by atoms with E-state index in [9.17, 15) is 4.79 Å². The smallest absolute Gasteiger partial charge is 0.323 e. The second-order valence-corrected chi connectivity index (χ2v) is 5.62. The van der Waals surface area contributed by atoms with Crippen molar-refractivity contribution in [3.05, 3.63) is 42.1 Å². The van der Waals surface area contributed by atoms with E-state index in [2.05, 4.69) is 46.5 Å². The molecular weight excluding hydrogens is 278 g/mol. The van der Waals surface area contributed by atoms with Gasteiger partial charge >= 0.3 is 6.03 Å². The van der Waals surface area contributed by atoms with Crippen LogP contribution >= 0.6 is 0 Å². The van der Waals surface area contributed by atoms with Crippen molar-refractivity contribution in [1.29, 1.82) is 0 Å². The number of aryl methyl sites for hydroxylation is 2. The van der Waals surface area contributed by atoms with E-state index in [1.165, 1.54) is 11.3 Å². The molecule has 1 aliphatic rings. The molecule has 1 aliphatic heterocycles. The molecule has 3 rings (SSSR count). The van der Waals surface area contributed by atoms with Crippen molar-refractivity contribution in [3.8, 4) is 0 Å². The Morgan fingerprint density at radius 1 is 1.18 bits per heavy atom. The third-order valence-corrected chi connectivity index (χ3v) is 3.88. The highest BCUT2D eigenvalue weighted by atomic mass is 16.2. The second kappa shape index (κ2) is 6.09. The summed E-state index contributed by atoms with van der Waals surface area (Å²) in [5, 5.41) is 7.00. The number of carbonyl (C=O) groups is 1. The molecule has 0 bridgehead atoms. The molecule has 6 nitrogen and oxygen atoms in total. The normalized spacial score (nSPS) is 15.0. The molecule has 2 aromatic rings. The van der Waals surface area contributed by atoms with E-state index in [0.29, 0.717) is 18.9 Å². The maximum atomic E-state index is 12.2. The highest BCUT2D eigenvalue weighted by Crippen LogP contribution is 2.18. The number of piperazine rings is 1. The fraction of sp³-hybridized carbons (Fsp3) is 0.375. The molecule has 2 heterocycles. The van der Waals surface area contributed by atoms with Gasteiger partial charge in [-0.05, 0) is 24.6 Å². The largest absolute Gasteiger partial charge is 0.368 e. The summed E-state index contributed by atoms with van der Waals surface area (Å²) < 4.78 is 1.67. The van der Waals surface area contributed by atoms with Gasteiger partial charge in [-0.25, -0.2) is 4.79 Å². The van der Waals surface area contributed by atoms with E-state index >= 15 is 0 Å². The van der Waals surface area contributed by atoms with Crippen LogP contribution in [0.3, 0.4) is 0 Å². The Kier molecular flexibility index (Phi) is 4.00. The first-order chi connectivity index (χ1) is 10.6. The van der Waals surface area contributed by atoms with E-state index in [0.717, 1.165) is 13.1 Å². The fourth-order valence-electron chi connectivity index (χ4n) is 2.66. The van der Waals surface area contributed by atoms with Gasteiger partial charge in [-0.2, -0.15) is 5.10 Å². The minimum atomic E-state index is -0.0809. The number of anilines is 2. The second-order valence-electron chi connectivity index (χ2n) is 5.62. The quantitative estimate of drug-likeness (QED) is 0.924. The standard InChI is InChI=1S/C16H21N5O/c1-13-4-3-5-14(12-13)20-8-10-21(11-9-20)16(22)17-15-6-7-19(2)18-15/h3-7,12H,8-11H2,1-2H3,(H,17,18,22). The molecule has 1 aromatic heterocycles. The number of aromatic nitrogens is 2. The average Bonchev–Trinajstić information content (AvgIpc) is 2.92. The van der Waals surface area contributed by atoms with Gasteiger partial charge < -0.3 is 9.80 Å². The number of nitrogens with one attached hydrogen (secondary N) is 1. The number of rotatable bonds is 2. The first-order valence-corrected chi connectivity index (χ1v) is 7.49. The number of nitrogens with zero attached hydrogens (tertiary/aromatic N) is 4. The number of benzene rings is 1. The molecule has 0 spiro atoms. The van der Waals surface area contributed by atoms with Crippen LogP contribution in [0.15, 0.2) is 36.5 Å². The Hall–Kier alpha value is -2.50. The van der Waals surface area contributed by atoms with E-state index in [-0.39, 0.29) is 6.03 Å². The summed E-state index contributed by atoms with van der Waals surface area (Å²) in [5.74, 6) is 0.591. The molecule has 6 heteroatoms. The van der Waals surface area contributed by atoms with Crippen molar-refractivity contribution < 1.29 is 4.79 Å². The van der Waals surface area contributed by atoms with Crippen molar-refractivity contribution >= 4 is 17.5 Å². The van der Waals surface area contributed by atoms with Crippen LogP contribution in [-0.4, -0.2) is 46.9 Å². The molecule has 116 valence electrons. The molecule has 1 saturated heterocycles. The summed E-state index contributed by atoms with van der Waals surface area (Å²) in [5.41, 5.74) is 2.48. The zero-order chi connectivity index (χ0) is 15.5. The van der Waals surface area contributed by atoms with E-state index in [1.54, 1.807) is 10.7 Å². The Balaban J connectivity index is 1.56. The highest BCUT2D eigenvalue weighted by Gasteiger charge is 2.21. The topological polar surface area (TPSA) is 53.4 Å². The summed E-state index contributed by atoms with van der Waals surface area (Å²) in [6, 6.07) is 10.2. The Morgan fingerprint density at radius 2 is 1.95 bits per heavy atom. The minimum Gasteiger partial charge on any atom is -0.368 e. The molecule has 2 amide bonds. The van der Waals surface area contributed by atoms with Gasteiger partial charge in [0.2, 0.25) is 0 Å². The Morgan fingerprint density at radius 3 is 2.59 bits per heavy atom. The van der Waals surface area contributed by atoms with Crippen LogP contribution in [0.2, 0.25) is 0 Å². The summed E-state index contributed by atoms with van der Waals surface area (Å²) >= 11 is 0. The van der Waals surface area contributed by atoms with Crippen LogP contribution in [0.4, 0.5) is 16.3 Å². The third-order valence-electron chi connectivity index (χ3n) is 3.88. The summed E-state index contributed by atoms with van der Waals surface area (Å²) in [4.78, 5) is 16.4. The summed E-state index contributed by atoms with van der Waals surface area (Å²) in [6.07, 6.45) is 1.81. The van der Waals surface area contributed by atoms with Crippen LogP contribution in [0.5, 0.6) is 0 Å². The number of amides is 2. The molecule has 1 aromatic carbocycles. The van der Waals surface area contributed by atoms with E-state index in [1.807, 2.05) is 18.1 Å². The maximum Gasteiger partial charge on any atom is 0.323 e. The zero-order valence-corrected chi connectivity index (χ0v) is 13.0. The van der Waals surface area contributed by atoms with Crippen molar-refractivity contribution in [3.63, 3.8) is 0 Å². The molecule has 22 heavy (non-hydrogen) atoms. The molecule has 0 saturated carbocycles. The first kappa shape index (κ1) is 14.4. The number of hydrogen-bond acceptors (Lipinski definition) is 3. The van der Waals surface area contributed by atoms with Crippen molar-refractivity contribution in [2.75, 3.05) is 36.4 Å². The molecule has 0 atom stereocenters. The molecule has 0 unspecified atom stereocenters. The molecular formula is C16H21N5O. The number of carbonyl (C=O) groups excluding carboxylic acids is 1. The highest BCUT2D eigenvalue weighted by molar-refractivity contribution is 5.88. The van der Waals surface area contributed by atoms with Crippen molar-refractivity contribution in [2.45, 2.75) is 6.92 Å². The molecule has 1 fully saturated rings. The average molecular weight is 299 g/mol. The lowest BCUT2D eigenvalue weighted by atomic mass is 10.2. The van der Waals surface area contributed by atoms with E-state index in [4.69, 9.17) is 0 Å². The number of urea groups is 1. The Labute approximate surface area is 130 Å². The van der Waals surface area contributed by atoms with Gasteiger partial charge in [-0.15, -0.1) is 0 Å². The van der Waals surface area contributed by atoms with Crippen LogP contribution in [0.1, 0.15) is 5.56 Å². The van der Waals surface area contributed by atoms with Gasteiger partial charge in [0.05, 0.1) is 0 Å². The lowest BCUT2D eigenvalue weighted by Crippen LogP contribution is -2.50. The van der Waals surface area contributed by atoms with E-state index < -0.39 is 0 Å². The van der Waals surface area contributed by atoms with Crippen LogP contribution in [0, 0.1) is 6.92 Å². The lowest BCUT2D eigenvalue weighted by molar-refractivity contribution is 0.208.